The van der Waals surface area contributed by atoms with Crippen LogP contribution in [-0.2, 0) is 32.3 Å². The maximum Gasteiger partial charge on any atom is 0.322 e. The van der Waals surface area contributed by atoms with Crippen LogP contribution in [-0.4, -0.2) is 74.8 Å². The lowest BCUT2D eigenvalue weighted by molar-refractivity contribution is -0.141. The standard InChI is InChI=1S/C27H27N7O5/c1-17-12-25(38)34(11-10-29-22(35)16-33-23(36)6-7-24(33)37)31-26(17)18-2-4-21(5-3-18)30-27(39)32-14-19-8-9-28-13-20(19)15-32/h2-9,13,17H,10-12,14-16H2,1H3,(H,29,35)(H,30,39). The normalized spacial score (nSPS) is 18.4. The summed E-state index contributed by atoms with van der Waals surface area (Å²) in [5.41, 5.74) is 4.32. The van der Waals surface area contributed by atoms with Gasteiger partial charge >= 0.3 is 6.03 Å². The van der Waals surface area contributed by atoms with Crippen molar-refractivity contribution in [2.45, 2.75) is 26.4 Å². The highest BCUT2D eigenvalue weighted by Gasteiger charge is 2.29. The van der Waals surface area contributed by atoms with Gasteiger partial charge in [0.15, 0.2) is 0 Å². The van der Waals surface area contributed by atoms with Crippen molar-refractivity contribution in [3.63, 3.8) is 0 Å². The van der Waals surface area contributed by atoms with Gasteiger partial charge in [-0.2, -0.15) is 5.10 Å². The quantitative estimate of drug-likeness (QED) is 0.517. The van der Waals surface area contributed by atoms with Gasteiger partial charge in [-0.15, -0.1) is 0 Å². The zero-order valence-corrected chi connectivity index (χ0v) is 21.3. The molecule has 3 aliphatic heterocycles. The van der Waals surface area contributed by atoms with Crippen molar-refractivity contribution < 1.29 is 24.0 Å². The first kappa shape index (κ1) is 25.8. The van der Waals surface area contributed by atoms with Crippen LogP contribution in [0.25, 0.3) is 0 Å². The number of amides is 6. The largest absolute Gasteiger partial charge is 0.353 e. The predicted molar refractivity (Wildman–Crippen MR) is 140 cm³/mol. The Labute approximate surface area is 224 Å². The molecule has 0 saturated carbocycles. The van der Waals surface area contributed by atoms with Crippen LogP contribution in [0.2, 0.25) is 0 Å². The number of urea groups is 1. The van der Waals surface area contributed by atoms with Crippen LogP contribution < -0.4 is 10.6 Å². The van der Waals surface area contributed by atoms with Gasteiger partial charge in [-0.05, 0) is 34.9 Å². The maximum absolute atomic E-state index is 12.7. The average molecular weight is 530 g/mol. The van der Waals surface area contributed by atoms with Crippen molar-refractivity contribution in [3.8, 4) is 0 Å². The lowest BCUT2D eigenvalue weighted by Crippen LogP contribution is -2.44. The average Bonchev–Trinajstić information content (AvgIpc) is 3.49. The van der Waals surface area contributed by atoms with E-state index in [2.05, 4.69) is 20.7 Å². The number of anilines is 1. The number of rotatable bonds is 7. The molecule has 1 unspecified atom stereocenters. The molecular weight excluding hydrogens is 502 g/mol. The number of hydrazone groups is 1. The van der Waals surface area contributed by atoms with Crippen molar-refractivity contribution in [2.75, 3.05) is 25.0 Å². The topological polar surface area (TPSA) is 144 Å². The van der Waals surface area contributed by atoms with Gasteiger partial charge < -0.3 is 15.5 Å². The summed E-state index contributed by atoms with van der Waals surface area (Å²) in [5.74, 6) is -1.85. The molecule has 2 N–H and O–H groups in total. The summed E-state index contributed by atoms with van der Waals surface area (Å²) < 4.78 is 0. The van der Waals surface area contributed by atoms with E-state index in [1.807, 2.05) is 25.1 Å². The maximum atomic E-state index is 12.7. The second-order valence-corrected chi connectivity index (χ2v) is 9.56. The molecule has 1 atom stereocenters. The molecule has 3 aliphatic rings. The highest BCUT2D eigenvalue weighted by atomic mass is 16.2. The van der Waals surface area contributed by atoms with Crippen molar-refractivity contribution >= 4 is 41.1 Å². The minimum atomic E-state index is -0.533. The van der Waals surface area contributed by atoms with Gasteiger partial charge in [0.05, 0.1) is 12.3 Å². The van der Waals surface area contributed by atoms with Gasteiger partial charge in [0.2, 0.25) is 11.8 Å². The predicted octanol–water partition coefficient (Wildman–Crippen LogP) is 1.24. The molecule has 0 radical (unpaired) electrons. The Hall–Kier alpha value is -4.87. The highest BCUT2D eigenvalue weighted by Crippen LogP contribution is 2.24. The summed E-state index contributed by atoms with van der Waals surface area (Å²) in [6, 6.07) is 9.01. The van der Waals surface area contributed by atoms with Gasteiger partial charge in [0, 0.05) is 62.2 Å². The number of nitrogens with one attached hydrogen (secondary N) is 2. The first-order chi connectivity index (χ1) is 18.8. The second-order valence-electron chi connectivity index (χ2n) is 9.56. The van der Waals surface area contributed by atoms with E-state index >= 15 is 0 Å². The number of fused-ring (bicyclic) bond motifs is 1. The summed E-state index contributed by atoms with van der Waals surface area (Å²) in [7, 11) is 0. The summed E-state index contributed by atoms with van der Waals surface area (Å²) in [5, 5.41) is 11.4. The molecule has 200 valence electrons. The fourth-order valence-corrected chi connectivity index (χ4v) is 4.64. The van der Waals surface area contributed by atoms with Crippen LogP contribution in [0.4, 0.5) is 10.5 Å². The number of nitrogens with zero attached hydrogens (tertiary/aromatic N) is 5. The number of aromatic nitrogens is 1. The van der Waals surface area contributed by atoms with Crippen molar-refractivity contribution in [2.24, 2.45) is 11.0 Å². The Morgan fingerprint density at radius 2 is 1.72 bits per heavy atom. The molecule has 0 spiro atoms. The monoisotopic (exact) mass is 529 g/mol. The number of pyridine rings is 1. The minimum Gasteiger partial charge on any atom is -0.353 e. The number of imide groups is 1. The highest BCUT2D eigenvalue weighted by molar-refractivity contribution is 6.14. The fourth-order valence-electron chi connectivity index (χ4n) is 4.64. The first-order valence-electron chi connectivity index (χ1n) is 12.6. The number of carbonyl (C=O) groups is 5. The molecule has 1 aromatic heterocycles. The third-order valence-electron chi connectivity index (χ3n) is 6.76. The molecule has 6 amide bonds. The van der Waals surface area contributed by atoms with Gasteiger partial charge in [0.25, 0.3) is 11.8 Å². The minimum absolute atomic E-state index is 0.111. The van der Waals surface area contributed by atoms with E-state index in [1.54, 1.807) is 29.4 Å². The van der Waals surface area contributed by atoms with Crippen LogP contribution in [0.1, 0.15) is 30.0 Å². The number of carbonyl (C=O) groups excluding carboxylic acids is 5. The third kappa shape index (κ3) is 5.69. The van der Waals surface area contributed by atoms with Crippen molar-refractivity contribution in [1.29, 1.82) is 0 Å². The van der Waals surface area contributed by atoms with Crippen LogP contribution >= 0.6 is 0 Å². The van der Waals surface area contributed by atoms with Crippen LogP contribution in [0.3, 0.4) is 0 Å². The van der Waals surface area contributed by atoms with Gasteiger partial charge in [-0.25, -0.2) is 9.80 Å². The second kappa shape index (κ2) is 10.9. The lowest BCUT2D eigenvalue weighted by atomic mass is 9.93. The van der Waals surface area contributed by atoms with Crippen molar-refractivity contribution in [3.05, 3.63) is 71.6 Å². The Morgan fingerprint density at radius 1 is 1.00 bits per heavy atom. The van der Waals surface area contributed by atoms with Gasteiger partial charge in [-0.1, -0.05) is 19.1 Å². The zero-order valence-electron chi connectivity index (χ0n) is 21.3. The summed E-state index contributed by atoms with van der Waals surface area (Å²) in [6.45, 7) is 2.84. The molecule has 1 aromatic carbocycles. The number of hydrogen-bond acceptors (Lipinski definition) is 7. The van der Waals surface area contributed by atoms with Crippen molar-refractivity contribution in [1.82, 2.24) is 25.1 Å². The van der Waals surface area contributed by atoms with E-state index in [1.165, 1.54) is 5.01 Å². The van der Waals surface area contributed by atoms with E-state index in [0.29, 0.717) is 18.8 Å². The van der Waals surface area contributed by atoms with E-state index in [4.69, 9.17) is 0 Å². The first-order valence-corrected chi connectivity index (χ1v) is 12.6. The Balaban J connectivity index is 1.16. The van der Waals surface area contributed by atoms with Crippen LogP contribution in [0.15, 0.2) is 60.0 Å². The molecule has 4 heterocycles. The number of hydrogen-bond donors (Lipinski definition) is 2. The Morgan fingerprint density at radius 3 is 2.44 bits per heavy atom. The SMILES string of the molecule is CC1CC(=O)N(CCNC(=O)CN2C(=O)C=CC2=O)N=C1c1ccc(NC(=O)N2Cc3ccncc3C2)cc1. The molecule has 0 aliphatic carbocycles. The molecule has 0 fully saturated rings. The Bertz CT molecular complexity index is 1360. The molecule has 2 aromatic rings. The lowest BCUT2D eigenvalue weighted by Gasteiger charge is -2.28. The molecule has 0 saturated heterocycles. The molecule has 39 heavy (non-hydrogen) atoms. The molecular formula is C27H27N7O5. The molecule has 0 bridgehead atoms. The van der Waals surface area contributed by atoms with Gasteiger partial charge in [-0.3, -0.25) is 29.1 Å². The summed E-state index contributed by atoms with van der Waals surface area (Å²) in [6.07, 6.45) is 5.99. The fraction of sp³-hybridized carbons (Fsp3) is 0.296. The smallest absolute Gasteiger partial charge is 0.322 e. The zero-order chi connectivity index (χ0) is 27.5. The van der Waals surface area contributed by atoms with E-state index < -0.39 is 17.7 Å². The van der Waals surface area contributed by atoms with Gasteiger partial charge in [0.1, 0.15) is 6.54 Å². The summed E-state index contributed by atoms with van der Waals surface area (Å²) in [4.78, 5) is 67.3. The van der Waals surface area contributed by atoms with E-state index in [0.717, 1.165) is 39.5 Å². The third-order valence-corrected chi connectivity index (χ3v) is 6.76. The van der Waals surface area contributed by atoms with E-state index in [9.17, 15) is 24.0 Å². The summed E-state index contributed by atoms with van der Waals surface area (Å²) >= 11 is 0. The number of benzene rings is 1. The molecule has 12 heteroatoms. The van der Waals surface area contributed by atoms with Crippen LogP contribution in [0, 0.1) is 5.92 Å². The van der Waals surface area contributed by atoms with E-state index in [-0.39, 0.29) is 43.9 Å². The molecule has 12 nitrogen and oxygen atoms in total. The molecule has 5 rings (SSSR count). The van der Waals surface area contributed by atoms with Crippen LogP contribution in [0.5, 0.6) is 0 Å². The Kier molecular flexibility index (Phi) is 7.17.